The van der Waals surface area contributed by atoms with Gasteiger partial charge in [-0.05, 0) is 19.8 Å². The van der Waals surface area contributed by atoms with Gasteiger partial charge in [0.15, 0.2) is 5.82 Å². The Labute approximate surface area is 111 Å². The minimum atomic E-state index is -0.318. The highest BCUT2D eigenvalue weighted by molar-refractivity contribution is 5.88. The second-order valence-electron chi connectivity index (χ2n) is 4.54. The third-order valence-electron chi connectivity index (χ3n) is 2.93. The van der Waals surface area contributed by atoms with Crippen molar-refractivity contribution in [2.24, 2.45) is 0 Å². The maximum atomic E-state index is 11.5. The molecule has 3 amide bonds. The van der Waals surface area contributed by atoms with Gasteiger partial charge < -0.3 is 14.7 Å². The summed E-state index contributed by atoms with van der Waals surface area (Å²) >= 11 is 0. The molecule has 19 heavy (non-hydrogen) atoms. The van der Waals surface area contributed by atoms with E-state index in [-0.39, 0.29) is 11.9 Å². The van der Waals surface area contributed by atoms with E-state index >= 15 is 0 Å². The van der Waals surface area contributed by atoms with Crippen molar-refractivity contribution < 1.29 is 14.1 Å². The summed E-state index contributed by atoms with van der Waals surface area (Å²) in [4.78, 5) is 24.7. The zero-order chi connectivity index (χ0) is 13.7. The first-order valence-electron chi connectivity index (χ1n) is 6.41. The van der Waals surface area contributed by atoms with Gasteiger partial charge in [0.1, 0.15) is 5.76 Å². The number of carbonyl (C=O) groups is 2. The van der Waals surface area contributed by atoms with Crippen LogP contribution in [0.25, 0.3) is 0 Å². The van der Waals surface area contributed by atoms with E-state index in [1.54, 1.807) is 13.0 Å². The number of rotatable bonds is 5. The number of hydrogen-bond donors (Lipinski definition) is 2. The van der Waals surface area contributed by atoms with Gasteiger partial charge in [0.05, 0.1) is 0 Å². The summed E-state index contributed by atoms with van der Waals surface area (Å²) in [5.74, 6) is 1.25. The Morgan fingerprint density at radius 2 is 2.42 bits per heavy atom. The molecule has 0 aliphatic carbocycles. The highest BCUT2D eigenvalue weighted by Gasteiger charge is 2.18. The van der Waals surface area contributed by atoms with Crippen LogP contribution in [0, 0.1) is 6.92 Å². The average Bonchev–Trinajstić information content (AvgIpc) is 2.94. The number of anilines is 1. The molecule has 2 N–H and O–H groups in total. The van der Waals surface area contributed by atoms with Gasteiger partial charge in [-0.2, -0.15) is 0 Å². The Kier molecular flexibility index (Phi) is 4.38. The van der Waals surface area contributed by atoms with Crippen LogP contribution in [0.3, 0.4) is 0 Å². The summed E-state index contributed by atoms with van der Waals surface area (Å²) in [5, 5.41) is 8.93. The van der Waals surface area contributed by atoms with Crippen LogP contribution >= 0.6 is 0 Å². The van der Waals surface area contributed by atoms with Crippen molar-refractivity contribution in [1.82, 2.24) is 15.4 Å². The molecule has 1 aromatic rings. The van der Waals surface area contributed by atoms with Crippen LogP contribution in [-0.4, -0.2) is 41.6 Å². The maximum Gasteiger partial charge on any atom is 0.320 e. The number of aromatic nitrogens is 1. The molecule has 0 aromatic carbocycles. The number of nitrogens with zero attached hydrogens (tertiary/aromatic N) is 2. The molecule has 2 rings (SSSR count). The molecule has 0 saturated carbocycles. The third kappa shape index (κ3) is 3.97. The number of likely N-dealkylation sites (tertiary alicyclic amines) is 1. The minimum absolute atomic E-state index is 0.211. The Balaban J connectivity index is 1.60. The molecule has 1 fully saturated rings. The molecule has 2 heterocycles. The summed E-state index contributed by atoms with van der Waals surface area (Å²) in [7, 11) is 0. The molecule has 7 heteroatoms. The van der Waals surface area contributed by atoms with Gasteiger partial charge >= 0.3 is 6.03 Å². The summed E-state index contributed by atoms with van der Waals surface area (Å²) < 4.78 is 4.83. The Morgan fingerprint density at radius 3 is 3.05 bits per heavy atom. The van der Waals surface area contributed by atoms with Gasteiger partial charge in [0.25, 0.3) is 0 Å². The van der Waals surface area contributed by atoms with Crippen LogP contribution in [0.4, 0.5) is 10.6 Å². The Bertz CT molecular complexity index is 458. The van der Waals surface area contributed by atoms with E-state index in [0.717, 1.165) is 19.4 Å². The quantitative estimate of drug-likeness (QED) is 0.782. The smallest absolute Gasteiger partial charge is 0.320 e. The van der Waals surface area contributed by atoms with Gasteiger partial charge in [-0.3, -0.25) is 10.1 Å². The fourth-order valence-corrected chi connectivity index (χ4v) is 2.00. The lowest BCUT2D eigenvalue weighted by molar-refractivity contribution is -0.127. The lowest BCUT2D eigenvalue weighted by atomic mass is 10.4. The van der Waals surface area contributed by atoms with Gasteiger partial charge in [0, 0.05) is 32.1 Å². The van der Waals surface area contributed by atoms with E-state index < -0.39 is 0 Å². The molecule has 104 valence electrons. The second kappa shape index (κ2) is 6.21. The van der Waals surface area contributed by atoms with Gasteiger partial charge in [-0.25, -0.2) is 4.79 Å². The second-order valence-corrected chi connectivity index (χ2v) is 4.54. The fourth-order valence-electron chi connectivity index (χ4n) is 2.00. The van der Waals surface area contributed by atoms with Crippen LogP contribution in [0.1, 0.15) is 25.0 Å². The number of hydrogen-bond acceptors (Lipinski definition) is 4. The van der Waals surface area contributed by atoms with E-state index in [0.29, 0.717) is 31.1 Å². The molecule has 0 unspecified atom stereocenters. The fraction of sp³-hybridized carbons (Fsp3) is 0.583. The predicted molar refractivity (Wildman–Crippen MR) is 68.7 cm³/mol. The van der Waals surface area contributed by atoms with Gasteiger partial charge in [-0.15, -0.1) is 0 Å². The molecule has 0 atom stereocenters. The largest absolute Gasteiger partial charge is 0.360 e. The van der Waals surface area contributed by atoms with Crippen molar-refractivity contribution in [2.75, 3.05) is 25.0 Å². The Morgan fingerprint density at radius 1 is 1.58 bits per heavy atom. The monoisotopic (exact) mass is 266 g/mol. The van der Waals surface area contributed by atoms with Crippen LogP contribution in [-0.2, 0) is 4.79 Å². The van der Waals surface area contributed by atoms with Crippen LogP contribution in [0.2, 0.25) is 0 Å². The SMILES string of the molecule is Cc1cc(NC(=O)NCCCN2CCCC2=O)no1. The molecule has 7 nitrogen and oxygen atoms in total. The number of nitrogens with one attached hydrogen (secondary N) is 2. The Hall–Kier alpha value is -2.05. The van der Waals surface area contributed by atoms with Crippen LogP contribution < -0.4 is 10.6 Å². The molecular weight excluding hydrogens is 248 g/mol. The lowest BCUT2D eigenvalue weighted by Crippen LogP contribution is -2.33. The first-order chi connectivity index (χ1) is 9.15. The summed E-state index contributed by atoms with van der Waals surface area (Å²) in [6.07, 6.45) is 2.34. The molecule has 1 saturated heterocycles. The van der Waals surface area contributed by atoms with Crippen molar-refractivity contribution in [3.63, 3.8) is 0 Å². The summed E-state index contributed by atoms with van der Waals surface area (Å²) in [6, 6.07) is 1.32. The predicted octanol–water partition coefficient (Wildman–Crippen LogP) is 1.12. The number of aryl methyl sites for hydroxylation is 1. The minimum Gasteiger partial charge on any atom is -0.360 e. The highest BCUT2D eigenvalue weighted by atomic mass is 16.5. The summed E-state index contributed by atoms with van der Waals surface area (Å²) in [6.45, 7) is 3.81. The van der Waals surface area contributed by atoms with Crippen molar-refractivity contribution >= 4 is 17.8 Å². The normalized spacial score (nSPS) is 14.8. The zero-order valence-corrected chi connectivity index (χ0v) is 10.9. The lowest BCUT2D eigenvalue weighted by Gasteiger charge is -2.15. The van der Waals surface area contributed by atoms with Crippen LogP contribution in [0.5, 0.6) is 0 Å². The first kappa shape index (κ1) is 13.4. The third-order valence-corrected chi connectivity index (χ3v) is 2.93. The molecule has 0 radical (unpaired) electrons. The zero-order valence-electron chi connectivity index (χ0n) is 10.9. The maximum absolute atomic E-state index is 11.5. The molecule has 1 aromatic heterocycles. The van der Waals surface area contributed by atoms with E-state index in [1.165, 1.54) is 0 Å². The molecule has 1 aliphatic rings. The number of urea groups is 1. The van der Waals surface area contributed by atoms with Gasteiger partial charge in [0.2, 0.25) is 5.91 Å². The van der Waals surface area contributed by atoms with E-state index in [9.17, 15) is 9.59 Å². The molecule has 0 spiro atoms. The van der Waals surface area contributed by atoms with Crippen molar-refractivity contribution in [3.8, 4) is 0 Å². The summed E-state index contributed by atoms with van der Waals surface area (Å²) in [5.41, 5.74) is 0. The average molecular weight is 266 g/mol. The first-order valence-corrected chi connectivity index (χ1v) is 6.41. The highest BCUT2D eigenvalue weighted by Crippen LogP contribution is 2.09. The van der Waals surface area contributed by atoms with E-state index in [2.05, 4.69) is 15.8 Å². The van der Waals surface area contributed by atoms with E-state index in [1.807, 2.05) is 4.90 Å². The van der Waals surface area contributed by atoms with Crippen molar-refractivity contribution in [2.45, 2.75) is 26.2 Å². The van der Waals surface area contributed by atoms with Gasteiger partial charge in [-0.1, -0.05) is 5.16 Å². The van der Waals surface area contributed by atoms with E-state index in [4.69, 9.17) is 4.52 Å². The molecular formula is C12H18N4O3. The van der Waals surface area contributed by atoms with Crippen molar-refractivity contribution in [1.29, 1.82) is 0 Å². The molecule has 1 aliphatic heterocycles. The standard InChI is InChI=1S/C12H18N4O3/c1-9-8-10(15-19-9)14-12(18)13-5-3-7-16-6-2-4-11(16)17/h8H,2-7H2,1H3,(H2,13,14,15,18). The number of amides is 3. The van der Waals surface area contributed by atoms with Crippen LogP contribution in [0.15, 0.2) is 10.6 Å². The molecule has 0 bridgehead atoms. The topological polar surface area (TPSA) is 87.5 Å². The van der Waals surface area contributed by atoms with Crippen molar-refractivity contribution in [3.05, 3.63) is 11.8 Å². The number of carbonyl (C=O) groups excluding carboxylic acids is 2.